The summed E-state index contributed by atoms with van der Waals surface area (Å²) in [6, 6.07) is 3.95. The molecule has 0 spiro atoms. The van der Waals surface area contributed by atoms with Crippen molar-refractivity contribution in [3.05, 3.63) is 22.6 Å². The average Bonchev–Trinajstić information content (AvgIpc) is 2.54. The second-order valence-electron chi connectivity index (χ2n) is 3.06. The van der Waals surface area contributed by atoms with E-state index >= 15 is 0 Å². The highest BCUT2D eigenvalue weighted by Gasteiger charge is 2.18. The molecule has 1 saturated heterocycles. The van der Waals surface area contributed by atoms with E-state index in [9.17, 15) is 0 Å². The van der Waals surface area contributed by atoms with Crippen LogP contribution in [0.2, 0.25) is 0 Å². The first-order valence-corrected chi connectivity index (χ1v) is 4.98. The highest BCUT2D eigenvalue weighted by molar-refractivity contribution is 9.10. The van der Waals surface area contributed by atoms with Crippen LogP contribution in [0.25, 0.3) is 0 Å². The third-order valence-corrected chi connectivity index (χ3v) is 2.58. The van der Waals surface area contributed by atoms with Gasteiger partial charge in [-0.05, 0) is 40.9 Å². The summed E-state index contributed by atoms with van der Waals surface area (Å²) in [5.41, 5.74) is 0. The van der Waals surface area contributed by atoms with Crippen molar-refractivity contribution in [1.29, 1.82) is 0 Å². The highest BCUT2D eigenvalue weighted by Crippen LogP contribution is 2.28. The van der Waals surface area contributed by atoms with Gasteiger partial charge in [0.25, 0.3) is 0 Å². The van der Waals surface area contributed by atoms with E-state index in [1.807, 2.05) is 12.1 Å². The third kappa shape index (κ3) is 1.72. The van der Waals surface area contributed by atoms with Crippen LogP contribution in [0.4, 0.5) is 0 Å². The molecule has 2 heterocycles. The van der Waals surface area contributed by atoms with Crippen molar-refractivity contribution >= 4 is 15.9 Å². The average molecular weight is 231 g/mol. The molecule has 1 fully saturated rings. The number of furan rings is 1. The molecule has 66 valence electrons. The zero-order valence-corrected chi connectivity index (χ0v) is 8.34. The van der Waals surface area contributed by atoms with Crippen LogP contribution in [0.15, 0.2) is 21.2 Å². The predicted octanol–water partition coefficient (Wildman–Crippen LogP) is 2.94. The molecule has 0 aromatic carbocycles. The van der Waals surface area contributed by atoms with Crippen molar-refractivity contribution in [3.8, 4) is 0 Å². The van der Waals surface area contributed by atoms with E-state index < -0.39 is 0 Å². The molecule has 1 aliphatic rings. The van der Waals surface area contributed by atoms with Gasteiger partial charge >= 0.3 is 0 Å². The normalized spacial score (nSPS) is 24.2. The highest BCUT2D eigenvalue weighted by atomic mass is 79.9. The lowest BCUT2D eigenvalue weighted by molar-refractivity contribution is 0.0739. The van der Waals surface area contributed by atoms with Crippen LogP contribution in [0.1, 0.15) is 24.5 Å². The van der Waals surface area contributed by atoms with Crippen molar-refractivity contribution in [2.45, 2.75) is 18.8 Å². The van der Waals surface area contributed by atoms with Gasteiger partial charge in [0, 0.05) is 12.5 Å². The fourth-order valence-electron chi connectivity index (χ4n) is 1.51. The van der Waals surface area contributed by atoms with Crippen LogP contribution in [0.5, 0.6) is 0 Å². The second kappa shape index (κ2) is 3.62. The van der Waals surface area contributed by atoms with Gasteiger partial charge in [-0.25, -0.2) is 0 Å². The largest absolute Gasteiger partial charge is 0.454 e. The van der Waals surface area contributed by atoms with Gasteiger partial charge in [0.2, 0.25) is 0 Å². The van der Waals surface area contributed by atoms with Crippen LogP contribution in [0, 0.1) is 0 Å². The van der Waals surface area contributed by atoms with Gasteiger partial charge in [-0.1, -0.05) is 0 Å². The molecule has 2 rings (SSSR count). The minimum absolute atomic E-state index is 0.463. The zero-order chi connectivity index (χ0) is 8.39. The first-order valence-electron chi connectivity index (χ1n) is 4.19. The van der Waals surface area contributed by atoms with Crippen molar-refractivity contribution < 1.29 is 9.15 Å². The number of rotatable bonds is 1. The smallest absolute Gasteiger partial charge is 0.169 e. The maximum Gasteiger partial charge on any atom is 0.169 e. The first kappa shape index (κ1) is 8.32. The van der Waals surface area contributed by atoms with Crippen LogP contribution >= 0.6 is 15.9 Å². The maximum atomic E-state index is 5.46. The van der Waals surface area contributed by atoms with Crippen LogP contribution in [-0.2, 0) is 4.74 Å². The first-order chi connectivity index (χ1) is 5.86. The molecule has 2 nitrogen and oxygen atoms in total. The van der Waals surface area contributed by atoms with Gasteiger partial charge in [0.15, 0.2) is 4.67 Å². The third-order valence-electron chi connectivity index (χ3n) is 2.16. The molecule has 0 N–H and O–H groups in total. The summed E-state index contributed by atoms with van der Waals surface area (Å²) < 4.78 is 11.6. The number of hydrogen-bond acceptors (Lipinski definition) is 2. The Morgan fingerprint density at radius 1 is 1.42 bits per heavy atom. The van der Waals surface area contributed by atoms with Gasteiger partial charge in [0.1, 0.15) is 5.76 Å². The summed E-state index contributed by atoms with van der Waals surface area (Å²) in [4.78, 5) is 0. The Bertz CT molecular complexity index is 251. The summed E-state index contributed by atoms with van der Waals surface area (Å²) in [7, 11) is 0. The van der Waals surface area contributed by atoms with E-state index in [2.05, 4.69) is 15.9 Å². The topological polar surface area (TPSA) is 22.4 Å². The maximum absolute atomic E-state index is 5.46. The van der Waals surface area contributed by atoms with Gasteiger partial charge in [0.05, 0.1) is 6.61 Å². The van der Waals surface area contributed by atoms with Crippen molar-refractivity contribution in [1.82, 2.24) is 0 Å². The van der Waals surface area contributed by atoms with E-state index in [4.69, 9.17) is 9.15 Å². The van der Waals surface area contributed by atoms with Gasteiger partial charge in [-0.3, -0.25) is 0 Å². The fraction of sp³-hybridized carbons (Fsp3) is 0.556. The van der Waals surface area contributed by atoms with Crippen molar-refractivity contribution in [2.75, 3.05) is 13.2 Å². The van der Waals surface area contributed by atoms with Crippen LogP contribution in [-0.4, -0.2) is 13.2 Å². The number of hydrogen-bond donors (Lipinski definition) is 0. The molecule has 1 atom stereocenters. The standard InChI is InChI=1S/C9H11BrO2/c10-9-4-3-8(12-9)7-2-1-5-11-6-7/h3-4,7H,1-2,5-6H2. The lowest BCUT2D eigenvalue weighted by Gasteiger charge is -2.19. The lowest BCUT2D eigenvalue weighted by Crippen LogP contribution is -2.14. The van der Waals surface area contributed by atoms with Gasteiger partial charge in [-0.15, -0.1) is 0 Å². The molecule has 1 aliphatic heterocycles. The zero-order valence-electron chi connectivity index (χ0n) is 6.75. The van der Waals surface area contributed by atoms with E-state index in [1.165, 1.54) is 6.42 Å². The number of ether oxygens (including phenoxy) is 1. The molecule has 1 unspecified atom stereocenters. The molecular weight excluding hydrogens is 220 g/mol. The quantitative estimate of drug-likeness (QED) is 0.741. The monoisotopic (exact) mass is 230 g/mol. The van der Waals surface area contributed by atoms with Gasteiger partial charge < -0.3 is 9.15 Å². The summed E-state index contributed by atoms with van der Waals surface area (Å²) in [6.45, 7) is 1.71. The molecule has 1 aromatic heterocycles. The Balaban J connectivity index is 2.08. The Kier molecular flexibility index (Phi) is 2.51. The number of halogens is 1. The molecule has 0 aliphatic carbocycles. The Morgan fingerprint density at radius 3 is 2.92 bits per heavy atom. The van der Waals surface area contributed by atoms with E-state index in [0.29, 0.717) is 5.92 Å². The van der Waals surface area contributed by atoms with E-state index in [-0.39, 0.29) is 0 Å². The summed E-state index contributed by atoms with van der Waals surface area (Å²) in [5.74, 6) is 1.51. The Hall–Kier alpha value is -0.280. The minimum atomic E-state index is 0.463. The Morgan fingerprint density at radius 2 is 2.33 bits per heavy atom. The molecule has 0 saturated carbocycles. The van der Waals surface area contributed by atoms with Crippen molar-refractivity contribution in [3.63, 3.8) is 0 Å². The van der Waals surface area contributed by atoms with E-state index in [1.54, 1.807) is 0 Å². The minimum Gasteiger partial charge on any atom is -0.454 e. The van der Waals surface area contributed by atoms with Crippen LogP contribution in [0.3, 0.4) is 0 Å². The molecule has 1 aromatic rings. The molecular formula is C9H11BrO2. The molecule has 0 bridgehead atoms. The summed E-state index contributed by atoms with van der Waals surface area (Å²) >= 11 is 3.29. The molecule has 0 amide bonds. The summed E-state index contributed by atoms with van der Waals surface area (Å²) in [5, 5.41) is 0. The summed E-state index contributed by atoms with van der Waals surface area (Å²) in [6.07, 6.45) is 2.32. The molecule has 3 heteroatoms. The predicted molar refractivity (Wildman–Crippen MR) is 49.2 cm³/mol. The van der Waals surface area contributed by atoms with E-state index in [0.717, 1.165) is 30.1 Å². The lowest BCUT2D eigenvalue weighted by atomic mass is 10.00. The SMILES string of the molecule is Brc1ccc(C2CCCOC2)o1. The van der Waals surface area contributed by atoms with Crippen molar-refractivity contribution in [2.24, 2.45) is 0 Å². The second-order valence-corrected chi connectivity index (χ2v) is 3.84. The van der Waals surface area contributed by atoms with Crippen LogP contribution < -0.4 is 0 Å². The Labute approximate surface area is 80.0 Å². The molecule has 12 heavy (non-hydrogen) atoms. The molecule has 0 radical (unpaired) electrons. The fourth-order valence-corrected chi connectivity index (χ4v) is 1.83. The van der Waals surface area contributed by atoms with Gasteiger partial charge in [-0.2, -0.15) is 0 Å².